The van der Waals surface area contributed by atoms with E-state index in [2.05, 4.69) is 10.3 Å². The van der Waals surface area contributed by atoms with Crippen LogP contribution >= 0.6 is 0 Å². The molecule has 15 heavy (non-hydrogen) atoms. The Morgan fingerprint density at radius 1 is 1.47 bits per heavy atom. The average Bonchev–Trinajstić information content (AvgIpc) is 2.19. The van der Waals surface area contributed by atoms with E-state index in [0.717, 1.165) is 0 Å². The monoisotopic (exact) mass is 204 g/mol. The maximum Gasteiger partial charge on any atom is 0.327 e. The van der Waals surface area contributed by atoms with Crippen molar-refractivity contribution in [3.63, 3.8) is 0 Å². The zero-order chi connectivity index (χ0) is 11.1. The Morgan fingerprint density at radius 3 is 2.87 bits per heavy atom. The Hall–Kier alpha value is -2.42. The Balaban J connectivity index is 2.44. The first-order valence-electron chi connectivity index (χ1n) is 4.11. The first kappa shape index (κ1) is 10.7. The number of imide groups is 1. The van der Waals surface area contributed by atoms with Gasteiger partial charge in [-0.25, -0.2) is 9.78 Å². The van der Waals surface area contributed by atoms with E-state index in [1.165, 1.54) is 6.20 Å². The van der Waals surface area contributed by atoms with Gasteiger partial charge in [-0.15, -0.1) is 0 Å². The van der Waals surface area contributed by atoms with Gasteiger partial charge in [0.05, 0.1) is 6.07 Å². The molecule has 6 nitrogen and oxygen atoms in total. The van der Waals surface area contributed by atoms with Crippen molar-refractivity contribution in [1.29, 1.82) is 5.26 Å². The lowest BCUT2D eigenvalue weighted by molar-refractivity contribution is -0.118. The Kier molecular flexibility index (Phi) is 3.79. The number of nitrogens with one attached hydrogen (secondary N) is 2. The van der Waals surface area contributed by atoms with E-state index in [1.807, 2.05) is 5.32 Å². The quantitative estimate of drug-likeness (QED) is 0.739. The molecule has 0 aliphatic carbocycles. The maximum atomic E-state index is 11.1. The molecule has 3 amide bonds. The molecule has 0 atom stereocenters. The molecule has 1 heterocycles. The summed E-state index contributed by atoms with van der Waals surface area (Å²) >= 11 is 0. The number of urea groups is 1. The van der Waals surface area contributed by atoms with Crippen molar-refractivity contribution in [1.82, 2.24) is 10.3 Å². The predicted molar refractivity (Wildman–Crippen MR) is 51.6 cm³/mol. The van der Waals surface area contributed by atoms with Crippen LogP contribution in [0, 0.1) is 11.3 Å². The van der Waals surface area contributed by atoms with Crippen molar-refractivity contribution in [2.24, 2.45) is 0 Å². The van der Waals surface area contributed by atoms with Gasteiger partial charge in [0.25, 0.3) is 0 Å². The number of hydrogen-bond donors (Lipinski definition) is 2. The van der Waals surface area contributed by atoms with E-state index < -0.39 is 11.9 Å². The van der Waals surface area contributed by atoms with Crippen LogP contribution in [0.3, 0.4) is 0 Å². The van der Waals surface area contributed by atoms with Gasteiger partial charge >= 0.3 is 6.03 Å². The van der Waals surface area contributed by atoms with Crippen LogP contribution in [0.5, 0.6) is 0 Å². The first-order chi connectivity index (χ1) is 7.22. The number of anilines is 1. The summed E-state index contributed by atoms with van der Waals surface area (Å²) in [4.78, 5) is 25.8. The zero-order valence-corrected chi connectivity index (χ0v) is 7.73. The van der Waals surface area contributed by atoms with E-state index in [1.54, 1.807) is 24.3 Å². The number of nitrogens with zero attached hydrogens (tertiary/aromatic N) is 2. The summed E-state index contributed by atoms with van der Waals surface area (Å²) in [7, 11) is 0. The van der Waals surface area contributed by atoms with Crippen molar-refractivity contribution in [2.45, 2.75) is 6.42 Å². The average molecular weight is 204 g/mol. The van der Waals surface area contributed by atoms with Gasteiger partial charge in [-0.2, -0.15) is 5.26 Å². The van der Waals surface area contributed by atoms with Crippen molar-refractivity contribution in [3.8, 4) is 6.07 Å². The molecule has 0 aliphatic rings. The topological polar surface area (TPSA) is 94.9 Å². The van der Waals surface area contributed by atoms with Gasteiger partial charge < -0.3 is 0 Å². The fourth-order valence-electron chi connectivity index (χ4n) is 0.827. The molecular weight excluding hydrogens is 196 g/mol. The molecule has 0 saturated heterocycles. The normalized spacial score (nSPS) is 8.73. The number of carbonyl (C=O) groups is 2. The minimum absolute atomic E-state index is 0.333. The van der Waals surface area contributed by atoms with Crippen LogP contribution in [-0.2, 0) is 4.79 Å². The standard InChI is InChI=1S/C9H8N4O2/c10-5-4-8(14)13-9(15)12-7-3-1-2-6-11-7/h1-3,6H,4H2,(H2,11,12,13,14,15). The molecule has 0 bridgehead atoms. The number of nitriles is 1. The van der Waals surface area contributed by atoms with Crippen LogP contribution in [0.1, 0.15) is 6.42 Å². The second-order valence-corrected chi connectivity index (χ2v) is 2.55. The van der Waals surface area contributed by atoms with Crippen LogP contribution in [-0.4, -0.2) is 16.9 Å². The van der Waals surface area contributed by atoms with Crippen LogP contribution < -0.4 is 10.6 Å². The van der Waals surface area contributed by atoms with E-state index in [9.17, 15) is 9.59 Å². The van der Waals surface area contributed by atoms with Crippen molar-refractivity contribution in [3.05, 3.63) is 24.4 Å². The number of amides is 3. The molecule has 1 rings (SSSR count). The number of pyridine rings is 1. The summed E-state index contributed by atoms with van der Waals surface area (Å²) in [6, 6.07) is 5.90. The van der Waals surface area contributed by atoms with Crippen LogP contribution in [0.4, 0.5) is 10.6 Å². The summed E-state index contributed by atoms with van der Waals surface area (Å²) in [5.74, 6) is -0.314. The summed E-state index contributed by atoms with van der Waals surface area (Å²) < 4.78 is 0. The molecule has 2 N–H and O–H groups in total. The number of rotatable bonds is 2. The smallest absolute Gasteiger partial charge is 0.292 e. The highest BCUT2D eigenvalue weighted by atomic mass is 16.2. The van der Waals surface area contributed by atoms with E-state index in [4.69, 9.17) is 5.26 Å². The van der Waals surface area contributed by atoms with Gasteiger partial charge in [-0.05, 0) is 12.1 Å². The molecule has 6 heteroatoms. The predicted octanol–water partition coefficient (Wildman–Crippen LogP) is 0.643. The van der Waals surface area contributed by atoms with Gasteiger partial charge in [0.2, 0.25) is 5.91 Å². The minimum Gasteiger partial charge on any atom is -0.292 e. The maximum absolute atomic E-state index is 11.1. The second-order valence-electron chi connectivity index (χ2n) is 2.55. The van der Waals surface area contributed by atoms with Gasteiger partial charge in [0, 0.05) is 6.20 Å². The molecule has 0 saturated carbocycles. The summed E-state index contributed by atoms with van der Waals surface area (Å²) in [6.07, 6.45) is 1.16. The molecule has 0 unspecified atom stereocenters. The highest BCUT2D eigenvalue weighted by molar-refractivity contribution is 6.01. The fraction of sp³-hybridized carbons (Fsp3) is 0.111. The molecule has 0 aromatic carbocycles. The van der Waals surface area contributed by atoms with Gasteiger partial charge in [-0.1, -0.05) is 6.07 Å². The highest BCUT2D eigenvalue weighted by Crippen LogP contribution is 1.98. The third-order valence-electron chi connectivity index (χ3n) is 1.40. The third kappa shape index (κ3) is 3.87. The molecule has 1 aromatic rings. The lowest BCUT2D eigenvalue weighted by Crippen LogP contribution is -2.34. The largest absolute Gasteiger partial charge is 0.327 e. The van der Waals surface area contributed by atoms with E-state index in [0.29, 0.717) is 5.82 Å². The van der Waals surface area contributed by atoms with E-state index in [-0.39, 0.29) is 6.42 Å². The van der Waals surface area contributed by atoms with Gasteiger partial charge in [-0.3, -0.25) is 15.4 Å². The molecule has 0 radical (unpaired) electrons. The summed E-state index contributed by atoms with van der Waals surface area (Å²) in [5, 5.41) is 12.5. The second kappa shape index (κ2) is 5.34. The van der Waals surface area contributed by atoms with Crippen LogP contribution in [0.2, 0.25) is 0 Å². The van der Waals surface area contributed by atoms with Crippen molar-refractivity contribution >= 4 is 17.8 Å². The minimum atomic E-state index is -0.700. The van der Waals surface area contributed by atoms with Gasteiger partial charge in [0.15, 0.2) is 0 Å². The number of hydrogen-bond acceptors (Lipinski definition) is 4. The molecular formula is C9H8N4O2. The molecule has 76 valence electrons. The Labute approximate surface area is 85.9 Å². The van der Waals surface area contributed by atoms with Crippen molar-refractivity contribution < 1.29 is 9.59 Å². The summed E-state index contributed by atoms with van der Waals surface area (Å²) in [5.41, 5.74) is 0. The summed E-state index contributed by atoms with van der Waals surface area (Å²) in [6.45, 7) is 0. The molecule has 0 fully saturated rings. The van der Waals surface area contributed by atoms with Crippen LogP contribution in [0.15, 0.2) is 24.4 Å². The zero-order valence-electron chi connectivity index (χ0n) is 7.73. The Bertz CT molecular complexity index is 396. The number of aromatic nitrogens is 1. The van der Waals surface area contributed by atoms with Crippen molar-refractivity contribution in [2.75, 3.05) is 5.32 Å². The van der Waals surface area contributed by atoms with E-state index >= 15 is 0 Å². The molecule has 1 aromatic heterocycles. The molecule has 0 aliphatic heterocycles. The lowest BCUT2D eigenvalue weighted by atomic mass is 10.4. The first-order valence-corrected chi connectivity index (χ1v) is 4.11. The number of carbonyl (C=O) groups excluding carboxylic acids is 2. The third-order valence-corrected chi connectivity index (χ3v) is 1.40. The SMILES string of the molecule is N#CCC(=O)NC(=O)Nc1ccccn1. The highest BCUT2D eigenvalue weighted by Gasteiger charge is 2.06. The van der Waals surface area contributed by atoms with Crippen LogP contribution in [0.25, 0.3) is 0 Å². The Morgan fingerprint density at radius 2 is 2.27 bits per heavy atom. The van der Waals surface area contributed by atoms with Gasteiger partial charge in [0.1, 0.15) is 12.2 Å². The fourth-order valence-corrected chi connectivity index (χ4v) is 0.827. The lowest BCUT2D eigenvalue weighted by Gasteiger charge is -2.03. The molecule has 0 spiro atoms.